The van der Waals surface area contributed by atoms with Crippen LogP contribution in [0.15, 0.2) is 15.7 Å². The molecule has 0 aliphatic carbocycles. The Hall–Kier alpha value is -3.45. The number of rotatable bonds is 10. The Morgan fingerprint density at radius 1 is 1.43 bits per heavy atom. The number of hydrogen-bond acceptors (Lipinski definition) is 14. The Bertz CT molecular complexity index is 1170. The quantitative estimate of drug-likeness (QED) is 0.0972. The van der Waals surface area contributed by atoms with Gasteiger partial charge in [-0.2, -0.15) is 0 Å². The van der Waals surface area contributed by atoms with Gasteiger partial charge in [-0.15, -0.1) is 28.2 Å². The summed E-state index contributed by atoms with van der Waals surface area (Å²) in [6.45, 7) is -0.838. The van der Waals surface area contributed by atoms with Crippen LogP contribution < -0.4 is 11.1 Å². The molecule has 6 N–H and O–H groups in total. The number of thiazole rings is 1. The maximum Gasteiger partial charge on any atom is 0.344 e. The van der Waals surface area contributed by atoms with Crippen molar-refractivity contribution in [3.63, 3.8) is 0 Å². The molecule has 2 aromatic rings. The summed E-state index contributed by atoms with van der Waals surface area (Å²) in [5, 5.41) is 39.4. The van der Waals surface area contributed by atoms with Crippen LogP contribution >= 0.6 is 34.9 Å². The number of carbonyl (C=O) groups is 4. The zero-order valence-electron chi connectivity index (χ0n) is 17.5. The molecule has 4 heterocycles. The van der Waals surface area contributed by atoms with E-state index in [0.717, 1.165) is 23.1 Å². The van der Waals surface area contributed by atoms with E-state index in [2.05, 4.69) is 40.9 Å². The molecule has 19 heteroatoms. The first-order valence-corrected chi connectivity index (χ1v) is 12.6. The lowest BCUT2D eigenvalue weighted by molar-refractivity contribution is -0.157. The number of tetrazole rings is 1. The van der Waals surface area contributed by atoms with E-state index in [1.165, 1.54) is 22.0 Å². The number of nitrogens with two attached hydrogens (primary N) is 1. The standard InChI is InChI=1S/C16H17N9O7S3/c17-14-18-6(2-33-14)8(22-32-1-7(26)27)10(28)19-9-11(29)25-3-16(13(30)31,4-34-12(9)25)5-35-15-20-23-24-21-15/h2,9,12H,1,3-5H2,(H2,17,18)(H,19,28)(H,26,27)(H,30,31)(H,20,21,23,24)/t9?,12-,16?/m1/s1. The van der Waals surface area contributed by atoms with Gasteiger partial charge < -0.3 is 31.0 Å². The topological polar surface area (TPSA) is 239 Å². The third-order valence-corrected chi connectivity index (χ3v) is 8.42. The van der Waals surface area contributed by atoms with Crippen molar-refractivity contribution in [2.45, 2.75) is 16.6 Å². The van der Waals surface area contributed by atoms with Crippen LogP contribution in [0.25, 0.3) is 0 Å². The normalized spacial score (nSPS) is 23.8. The van der Waals surface area contributed by atoms with Crippen LogP contribution in [0.3, 0.4) is 0 Å². The Morgan fingerprint density at radius 3 is 2.86 bits per heavy atom. The maximum atomic E-state index is 12.9. The first-order valence-electron chi connectivity index (χ1n) is 9.66. The number of hydrogen-bond donors (Lipinski definition) is 5. The van der Waals surface area contributed by atoms with E-state index in [-0.39, 0.29) is 34.6 Å². The van der Waals surface area contributed by atoms with Gasteiger partial charge >= 0.3 is 11.9 Å². The van der Waals surface area contributed by atoms with E-state index < -0.39 is 47.2 Å². The minimum absolute atomic E-state index is 0.0505. The fraction of sp³-hybridized carbons (Fsp3) is 0.438. The number of thioether (sulfide) groups is 2. The minimum Gasteiger partial charge on any atom is -0.481 e. The highest BCUT2D eigenvalue weighted by Gasteiger charge is 2.57. The molecular formula is C16H17N9O7S3. The van der Waals surface area contributed by atoms with Gasteiger partial charge in [-0.05, 0) is 10.4 Å². The largest absolute Gasteiger partial charge is 0.481 e. The molecule has 186 valence electrons. The lowest BCUT2D eigenvalue weighted by Gasteiger charge is -2.53. The van der Waals surface area contributed by atoms with Gasteiger partial charge in [0.25, 0.3) is 5.91 Å². The highest BCUT2D eigenvalue weighted by atomic mass is 32.2. The molecule has 35 heavy (non-hydrogen) atoms. The number of oxime groups is 1. The molecule has 0 spiro atoms. The number of β-lactam (4-membered cyclic amide) rings is 1. The molecule has 0 radical (unpaired) electrons. The molecule has 2 aliphatic rings. The van der Waals surface area contributed by atoms with E-state index in [0.29, 0.717) is 5.16 Å². The van der Waals surface area contributed by atoms with Crippen molar-refractivity contribution >= 4 is 69.5 Å². The zero-order chi connectivity index (χ0) is 25.2. The number of amides is 2. The third-order valence-electron chi connectivity index (χ3n) is 5.02. The predicted octanol–water partition coefficient (Wildman–Crippen LogP) is -1.69. The van der Waals surface area contributed by atoms with Gasteiger partial charge in [-0.3, -0.25) is 14.4 Å². The number of aromatic amines is 1. The van der Waals surface area contributed by atoms with Gasteiger partial charge in [-0.1, -0.05) is 16.9 Å². The molecule has 2 saturated heterocycles. The molecule has 0 saturated carbocycles. The molecule has 0 bridgehead atoms. The zero-order valence-corrected chi connectivity index (χ0v) is 19.9. The van der Waals surface area contributed by atoms with Crippen molar-refractivity contribution in [1.82, 2.24) is 35.8 Å². The van der Waals surface area contributed by atoms with E-state index in [9.17, 15) is 24.3 Å². The highest BCUT2D eigenvalue weighted by Crippen LogP contribution is 2.44. The van der Waals surface area contributed by atoms with Crippen molar-refractivity contribution in [1.29, 1.82) is 0 Å². The van der Waals surface area contributed by atoms with Crippen LogP contribution in [0.4, 0.5) is 5.13 Å². The summed E-state index contributed by atoms with van der Waals surface area (Å²) in [6, 6.07) is -0.939. The molecule has 16 nitrogen and oxygen atoms in total. The number of fused-ring (bicyclic) bond motifs is 1. The number of nitrogens with zero attached hydrogens (tertiary/aromatic N) is 6. The monoisotopic (exact) mass is 543 g/mol. The Labute approximate surface area is 208 Å². The van der Waals surface area contributed by atoms with Crippen molar-refractivity contribution in [3.05, 3.63) is 11.1 Å². The average Bonchev–Trinajstić information content (AvgIpc) is 3.50. The van der Waals surface area contributed by atoms with Gasteiger partial charge in [0.15, 0.2) is 10.8 Å². The first kappa shape index (κ1) is 24.7. The second-order valence-electron chi connectivity index (χ2n) is 7.38. The van der Waals surface area contributed by atoms with E-state index in [1.54, 1.807) is 0 Å². The van der Waals surface area contributed by atoms with Crippen molar-refractivity contribution < 1.29 is 34.2 Å². The van der Waals surface area contributed by atoms with Crippen molar-refractivity contribution in [2.75, 3.05) is 30.4 Å². The highest BCUT2D eigenvalue weighted by molar-refractivity contribution is 8.00. The van der Waals surface area contributed by atoms with E-state index in [1.807, 2.05) is 0 Å². The van der Waals surface area contributed by atoms with Crippen LogP contribution in [-0.2, 0) is 24.0 Å². The first-order chi connectivity index (χ1) is 16.7. The number of carboxylic acids is 2. The summed E-state index contributed by atoms with van der Waals surface area (Å²) >= 11 is 3.39. The van der Waals surface area contributed by atoms with Crippen LogP contribution in [0.5, 0.6) is 0 Å². The summed E-state index contributed by atoms with van der Waals surface area (Å²) in [6.07, 6.45) is 0. The smallest absolute Gasteiger partial charge is 0.344 e. The molecule has 0 aromatic carbocycles. The molecule has 2 fully saturated rings. The molecule has 4 rings (SSSR count). The number of carboxylic acid groups (broad SMARTS) is 2. The number of H-pyrrole nitrogens is 1. The Balaban J connectivity index is 1.43. The molecule has 2 aliphatic heterocycles. The number of aromatic nitrogens is 5. The van der Waals surface area contributed by atoms with Crippen LogP contribution in [0, 0.1) is 5.41 Å². The number of nitrogens with one attached hydrogen (secondary N) is 2. The van der Waals surface area contributed by atoms with Gasteiger partial charge in [0.05, 0.1) is 0 Å². The van der Waals surface area contributed by atoms with Gasteiger partial charge in [0.2, 0.25) is 17.7 Å². The molecule has 2 amide bonds. The van der Waals surface area contributed by atoms with E-state index in [4.69, 9.17) is 10.8 Å². The summed E-state index contributed by atoms with van der Waals surface area (Å²) < 4.78 is 0. The second-order valence-corrected chi connectivity index (χ2v) is 10.3. The lowest BCUT2D eigenvalue weighted by atomic mass is 9.89. The summed E-state index contributed by atoms with van der Waals surface area (Å²) in [5.41, 5.74) is 4.08. The average molecular weight is 544 g/mol. The minimum atomic E-state index is -1.30. The van der Waals surface area contributed by atoms with Gasteiger partial charge in [0.1, 0.15) is 22.5 Å². The second kappa shape index (κ2) is 10.0. The van der Waals surface area contributed by atoms with Crippen LogP contribution in [0.1, 0.15) is 5.69 Å². The Morgan fingerprint density at radius 2 is 2.23 bits per heavy atom. The molecule has 3 atom stereocenters. The van der Waals surface area contributed by atoms with Crippen molar-refractivity contribution in [2.24, 2.45) is 10.6 Å². The number of aliphatic carboxylic acids is 2. The fourth-order valence-electron chi connectivity index (χ4n) is 3.29. The number of anilines is 1. The number of nitrogen functional groups attached to an aromatic ring is 1. The lowest BCUT2D eigenvalue weighted by Crippen LogP contribution is -2.74. The third kappa shape index (κ3) is 5.15. The fourth-order valence-corrected chi connectivity index (χ4v) is 6.43. The van der Waals surface area contributed by atoms with Crippen LogP contribution in [-0.4, -0.2) is 106 Å². The SMILES string of the molecule is Nc1nc(C(=NOCC(=O)O)C(=O)NC2C(=O)N3CC(CSc4nnn[nH]4)(C(=O)O)CS[C@H]23)cs1. The maximum absolute atomic E-state index is 12.9. The van der Waals surface area contributed by atoms with E-state index >= 15 is 0 Å². The molecular weight excluding hydrogens is 526 g/mol. The predicted molar refractivity (Wildman–Crippen MR) is 122 cm³/mol. The molecule has 2 unspecified atom stereocenters. The summed E-state index contributed by atoms with van der Waals surface area (Å²) in [7, 11) is 0. The summed E-state index contributed by atoms with van der Waals surface area (Å²) in [4.78, 5) is 58.5. The van der Waals surface area contributed by atoms with Crippen LogP contribution in [0.2, 0.25) is 0 Å². The van der Waals surface area contributed by atoms with Crippen molar-refractivity contribution in [3.8, 4) is 0 Å². The molecule has 2 aromatic heterocycles. The van der Waals surface area contributed by atoms with Gasteiger partial charge in [0, 0.05) is 23.4 Å². The number of carbonyl (C=O) groups excluding carboxylic acids is 2. The summed E-state index contributed by atoms with van der Waals surface area (Å²) in [5.74, 6) is -3.32. The van der Waals surface area contributed by atoms with Gasteiger partial charge in [-0.25, -0.2) is 14.9 Å². The Kier molecular flexibility index (Phi) is 7.08.